The Kier molecular flexibility index (Phi) is 3.86. The number of rotatable bonds is 4. The van der Waals surface area contributed by atoms with E-state index in [1.807, 2.05) is 18.2 Å². The molecule has 0 aliphatic rings. The maximum atomic E-state index is 5.81. The van der Waals surface area contributed by atoms with Gasteiger partial charge in [-0.15, -0.1) is 0 Å². The highest BCUT2D eigenvalue weighted by Crippen LogP contribution is 2.07. The molecule has 72 valence electrons. The summed E-state index contributed by atoms with van der Waals surface area (Å²) >= 11 is 0. The fourth-order valence-corrected chi connectivity index (χ4v) is 1.23. The molecule has 0 amide bonds. The number of hydrogen-bond donors (Lipinski definition) is 2. The fraction of sp³-hybridized carbons (Fsp3) is 0.500. The van der Waals surface area contributed by atoms with Gasteiger partial charge in [-0.2, -0.15) is 0 Å². The summed E-state index contributed by atoms with van der Waals surface area (Å²) in [6.45, 7) is 2.64. The molecule has 0 aliphatic carbocycles. The summed E-state index contributed by atoms with van der Waals surface area (Å²) in [5.74, 6) is 0.389. The van der Waals surface area contributed by atoms with Crippen LogP contribution in [-0.4, -0.2) is 17.6 Å². The van der Waals surface area contributed by atoms with Crippen LogP contribution >= 0.6 is 0 Å². The highest BCUT2D eigenvalue weighted by atomic mass is 14.7. The summed E-state index contributed by atoms with van der Waals surface area (Å²) in [6, 6.07) is 5.99. The van der Waals surface area contributed by atoms with Gasteiger partial charge in [-0.1, -0.05) is 13.0 Å². The van der Waals surface area contributed by atoms with Gasteiger partial charge in [0.05, 0.1) is 0 Å². The molecule has 2 atom stereocenters. The smallest absolute Gasteiger partial charge is 0.0406 e. The van der Waals surface area contributed by atoms with Crippen LogP contribution in [0.3, 0.4) is 0 Å². The first-order valence-corrected chi connectivity index (χ1v) is 4.59. The molecule has 0 saturated carbocycles. The van der Waals surface area contributed by atoms with Gasteiger partial charge in [-0.3, -0.25) is 4.98 Å². The molecule has 0 fully saturated rings. The molecule has 4 N–H and O–H groups in total. The molecular weight excluding hydrogens is 162 g/mol. The highest BCUT2D eigenvalue weighted by molar-refractivity contribution is 5.04. The molecule has 1 heterocycles. The van der Waals surface area contributed by atoms with Crippen LogP contribution in [0.2, 0.25) is 0 Å². The first-order valence-electron chi connectivity index (χ1n) is 4.59. The number of nitrogens with two attached hydrogens (primary N) is 2. The maximum Gasteiger partial charge on any atom is 0.0406 e. The molecule has 0 aliphatic heterocycles. The molecule has 3 heteroatoms. The molecule has 1 aromatic rings. The van der Waals surface area contributed by atoms with Gasteiger partial charge >= 0.3 is 0 Å². The number of pyridine rings is 1. The molecule has 0 aromatic carbocycles. The standard InChI is InChI=1S/C10H17N3/c1-8(10(12)7-11)6-9-4-2-3-5-13-9/h2-5,8,10H,6-7,11-12H2,1H3. The molecule has 0 radical (unpaired) electrons. The largest absolute Gasteiger partial charge is 0.329 e. The van der Waals surface area contributed by atoms with Crippen molar-refractivity contribution in [3.05, 3.63) is 30.1 Å². The first-order chi connectivity index (χ1) is 6.24. The van der Waals surface area contributed by atoms with E-state index < -0.39 is 0 Å². The predicted octanol–water partition coefficient (Wildman–Crippen LogP) is 0.546. The zero-order chi connectivity index (χ0) is 9.68. The average Bonchev–Trinajstić information content (AvgIpc) is 2.18. The molecule has 2 unspecified atom stereocenters. The van der Waals surface area contributed by atoms with Crippen molar-refractivity contribution in [1.29, 1.82) is 0 Å². The minimum atomic E-state index is 0.0713. The quantitative estimate of drug-likeness (QED) is 0.709. The monoisotopic (exact) mass is 179 g/mol. The van der Waals surface area contributed by atoms with E-state index in [2.05, 4.69) is 11.9 Å². The normalized spacial score (nSPS) is 15.3. The van der Waals surface area contributed by atoms with Crippen molar-refractivity contribution in [2.45, 2.75) is 19.4 Å². The lowest BCUT2D eigenvalue weighted by Crippen LogP contribution is -2.37. The average molecular weight is 179 g/mol. The third-order valence-corrected chi connectivity index (χ3v) is 2.26. The van der Waals surface area contributed by atoms with Gasteiger partial charge in [0.15, 0.2) is 0 Å². The van der Waals surface area contributed by atoms with Crippen LogP contribution in [-0.2, 0) is 6.42 Å². The van der Waals surface area contributed by atoms with Gasteiger partial charge in [0.2, 0.25) is 0 Å². The summed E-state index contributed by atoms with van der Waals surface area (Å²) in [7, 11) is 0. The van der Waals surface area contributed by atoms with E-state index in [4.69, 9.17) is 11.5 Å². The Morgan fingerprint density at radius 3 is 2.77 bits per heavy atom. The second-order valence-corrected chi connectivity index (χ2v) is 3.40. The van der Waals surface area contributed by atoms with E-state index in [1.54, 1.807) is 6.20 Å². The van der Waals surface area contributed by atoms with Crippen LogP contribution in [0.5, 0.6) is 0 Å². The van der Waals surface area contributed by atoms with E-state index >= 15 is 0 Å². The van der Waals surface area contributed by atoms with Gasteiger partial charge in [-0.25, -0.2) is 0 Å². The van der Waals surface area contributed by atoms with Crippen molar-refractivity contribution >= 4 is 0 Å². The van der Waals surface area contributed by atoms with E-state index in [0.29, 0.717) is 12.5 Å². The van der Waals surface area contributed by atoms with Gasteiger partial charge in [0.1, 0.15) is 0 Å². The van der Waals surface area contributed by atoms with Crippen molar-refractivity contribution in [2.24, 2.45) is 17.4 Å². The van der Waals surface area contributed by atoms with Crippen LogP contribution in [0.4, 0.5) is 0 Å². The van der Waals surface area contributed by atoms with Gasteiger partial charge in [0.25, 0.3) is 0 Å². The molecule has 0 bridgehead atoms. The van der Waals surface area contributed by atoms with Gasteiger partial charge < -0.3 is 11.5 Å². The Morgan fingerprint density at radius 1 is 1.46 bits per heavy atom. The summed E-state index contributed by atoms with van der Waals surface area (Å²) in [4.78, 5) is 4.24. The molecule has 13 heavy (non-hydrogen) atoms. The van der Waals surface area contributed by atoms with E-state index in [-0.39, 0.29) is 6.04 Å². The third-order valence-electron chi connectivity index (χ3n) is 2.26. The second-order valence-electron chi connectivity index (χ2n) is 3.40. The van der Waals surface area contributed by atoms with Crippen LogP contribution in [0.1, 0.15) is 12.6 Å². The zero-order valence-electron chi connectivity index (χ0n) is 7.98. The lowest BCUT2D eigenvalue weighted by molar-refractivity contribution is 0.455. The molecule has 3 nitrogen and oxygen atoms in total. The minimum Gasteiger partial charge on any atom is -0.329 e. The molecular formula is C10H17N3. The van der Waals surface area contributed by atoms with Crippen molar-refractivity contribution in [1.82, 2.24) is 4.98 Å². The molecule has 0 spiro atoms. The lowest BCUT2D eigenvalue weighted by atomic mass is 9.97. The van der Waals surface area contributed by atoms with Crippen LogP contribution in [0, 0.1) is 5.92 Å². The molecule has 1 aromatic heterocycles. The Balaban J connectivity index is 2.50. The summed E-state index contributed by atoms with van der Waals surface area (Å²) < 4.78 is 0. The van der Waals surface area contributed by atoms with E-state index in [0.717, 1.165) is 12.1 Å². The fourth-order valence-electron chi connectivity index (χ4n) is 1.23. The van der Waals surface area contributed by atoms with Crippen molar-refractivity contribution < 1.29 is 0 Å². The SMILES string of the molecule is CC(Cc1ccccn1)C(N)CN. The maximum absolute atomic E-state index is 5.81. The number of hydrogen-bond acceptors (Lipinski definition) is 3. The van der Waals surface area contributed by atoms with Crippen molar-refractivity contribution in [3.63, 3.8) is 0 Å². The summed E-state index contributed by atoms with van der Waals surface area (Å²) in [6.07, 6.45) is 2.70. The van der Waals surface area contributed by atoms with Crippen LogP contribution in [0.25, 0.3) is 0 Å². The Morgan fingerprint density at radius 2 is 2.23 bits per heavy atom. The van der Waals surface area contributed by atoms with Crippen LogP contribution < -0.4 is 11.5 Å². The number of aromatic nitrogens is 1. The lowest BCUT2D eigenvalue weighted by Gasteiger charge is -2.17. The molecule has 1 rings (SSSR count). The predicted molar refractivity (Wildman–Crippen MR) is 54.1 cm³/mol. The highest BCUT2D eigenvalue weighted by Gasteiger charge is 2.11. The first kappa shape index (κ1) is 10.2. The van der Waals surface area contributed by atoms with Gasteiger partial charge in [-0.05, 0) is 24.5 Å². The summed E-state index contributed by atoms with van der Waals surface area (Å²) in [5, 5.41) is 0. The Labute approximate surface area is 79.2 Å². The van der Waals surface area contributed by atoms with E-state index in [9.17, 15) is 0 Å². The van der Waals surface area contributed by atoms with Crippen molar-refractivity contribution in [2.75, 3.05) is 6.54 Å². The number of nitrogens with zero attached hydrogens (tertiary/aromatic N) is 1. The van der Waals surface area contributed by atoms with Crippen LogP contribution in [0.15, 0.2) is 24.4 Å². The minimum absolute atomic E-state index is 0.0713. The third kappa shape index (κ3) is 3.13. The van der Waals surface area contributed by atoms with E-state index in [1.165, 1.54) is 0 Å². The van der Waals surface area contributed by atoms with Crippen molar-refractivity contribution in [3.8, 4) is 0 Å². The Bertz CT molecular complexity index is 235. The van der Waals surface area contributed by atoms with Gasteiger partial charge in [0, 0.05) is 24.5 Å². The summed E-state index contributed by atoms with van der Waals surface area (Å²) in [5.41, 5.74) is 12.4. The zero-order valence-corrected chi connectivity index (χ0v) is 7.98. The second kappa shape index (κ2) is 4.94. The Hall–Kier alpha value is -0.930. The topological polar surface area (TPSA) is 64.9 Å². The molecule has 0 saturated heterocycles.